The molecule has 0 saturated heterocycles. The number of hydrogen-bond donors (Lipinski definition) is 1. The maximum Gasteiger partial charge on any atom is 0.0727 e. The first-order valence-electron chi connectivity index (χ1n) is 11.5. The lowest BCUT2D eigenvalue weighted by atomic mass is 9.71. The predicted octanol–water partition coefficient (Wildman–Crippen LogP) is 6.18. The average Bonchev–Trinajstić information content (AvgIpc) is 3.08. The van der Waals surface area contributed by atoms with Gasteiger partial charge in [0.2, 0.25) is 0 Å². The third kappa shape index (κ3) is 4.49. The molecule has 1 fully saturated rings. The van der Waals surface area contributed by atoms with Crippen molar-refractivity contribution < 1.29 is 4.74 Å². The summed E-state index contributed by atoms with van der Waals surface area (Å²) in [6.45, 7) is 8.98. The summed E-state index contributed by atoms with van der Waals surface area (Å²) in [4.78, 5) is 4.39. The van der Waals surface area contributed by atoms with Crippen molar-refractivity contribution in [3.05, 3.63) is 100 Å². The summed E-state index contributed by atoms with van der Waals surface area (Å²) in [7, 11) is 1.86. The fourth-order valence-electron chi connectivity index (χ4n) is 5.28. The van der Waals surface area contributed by atoms with Crippen LogP contribution < -0.4 is 5.73 Å². The molecule has 0 aliphatic heterocycles. The SMILES string of the molecule is C=C(N)c1ccccc1COC1CCC2=CC(Cc3cccc(C)c3)=C(C=NC)CC21C. The molecule has 2 aromatic carbocycles. The Morgan fingerprint density at radius 1 is 1.25 bits per heavy atom. The van der Waals surface area contributed by atoms with Gasteiger partial charge in [0.05, 0.1) is 12.7 Å². The van der Waals surface area contributed by atoms with Gasteiger partial charge in [-0.3, -0.25) is 4.99 Å². The van der Waals surface area contributed by atoms with Crippen LogP contribution in [0.25, 0.3) is 5.70 Å². The molecule has 2 aliphatic carbocycles. The number of aryl methyl sites for hydroxylation is 1. The van der Waals surface area contributed by atoms with Crippen molar-refractivity contribution in [1.29, 1.82) is 0 Å². The van der Waals surface area contributed by atoms with Crippen LogP contribution in [0.3, 0.4) is 0 Å². The van der Waals surface area contributed by atoms with Crippen LogP contribution in [0.1, 0.15) is 48.4 Å². The van der Waals surface area contributed by atoms with E-state index >= 15 is 0 Å². The molecule has 2 atom stereocenters. The predicted molar refractivity (Wildman–Crippen MR) is 135 cm³/mol. The molecule has 166 valence electrons. The van der Waals surface area contributed by atoms with Crippen molar-refractivity contribution in [2.75, 3.05) is 7.05 Å². The third-order valence-electron chi connectivity index (χ3n) is 7.00. The molecule has 3 nitrogen and oxygen atoms in total. The number of nitrogens with two attached hydrogens (primary N) is 1. The number of rotatable bonds is 7. The second kappa shape index (κ2) is 9.30. The van der Waals surface area contributed by atoms with Crippen LogP contribution in [0.15, 0.2) is 82.9 Å². The summed E-state index contributed by atoms with van der Waals surface area (Å²) >= 11 is 0. The van der Waals surface area contributed by atoms with Gasteiger partial charge in [0.1, 0.15) is 0 Å². The summed E-state index contributed by atoms with van der Waals surface area (Å²) < 4.78 is 6.54. The quantitative estimate of drug-likeness (QED) is 0.537. The van der Waals surface area contributed by atoms with Gasteiger partial charge in [-0.1, -0.05) is 79.2 Å². The first-order chi connectivity index (χ1) is 15.4. The molecule has 1 saturated carbocycles. The van der Waals surface area contributed by atoms with Gasteiger partial charge in [0, 0.05) is 29.9 Å². The molecular formula is C29H34N2O. The standard InChI is InChI=1S/C29H34N2O/c1-20-8-7-9-22(14-20)15-24-16-26-12-13-28(29(26,3)17-25(24)18-31-4)32-19-23-10-5-6-11-27(23)21(2)30/h5-11,14,16,18,28H,2,12-13,15,17,19,30H2,1,3-4H3. The van der Waals surface area contributed by atoms with E-state index in [1.807, 2.05) is 31.5 Å². The minimum absolute atomic E-state index is 0.00128. The van der Waals surface area contributed by atoms with Gasteiger partial charge in [0.15, 0.2) is 0 Å². The summed E-state index contributed by atoms with van der Waals surface area (Å²) in [5, 5.41) is 0. The van der Waals surface area contributed by atoms with Gasteiger partial charge in [-0.05, 0) is 54.9 Å². The van der Waals surface area contributed by atoms with E-state index in [1.165, 1.54) is 27.8 Å². The number of allylic oxidation sites excluding steroid dienone is 3. The molecule has 0 bridgehead atoms. The minimum atomic E-state index is 0.00128. The topological polar surface area (TPSA) is 47.6 Å². The van der Waals surface area contributed by atoms with E-state index in [-0.39, 0.29) is 11.5 Å². The van der Waals surface area contributed by atoms with Gasteiger partial charge in [-0.25, -0.2) is 0 Å². The summed E-state index contributed by atoms with van der Waals surface area (Å²) in [5.41, 5.74) is 15.5. The summed E-state index contributed by atoms with van der Waals surface area (Å²) in [5.74, 6) is 0. The lowest BCUT2D eigenvalue weighted by Gasteiger charge is -2.37. The fraction of sp³-hybridized carbons (Fsp3) is 0.345. The molecule has 0 heterocycles. The second-order valence-electron chi connectivity index (χ2n) is 9.39. The monoisotopic (exact) mass is 426 g/mol. The molecule has 2 unspecified atom stereocenters. The van der Waals surface area contributed by atoms with Gasteiger partial charge in [-0.15, -0.1) is 0 Å². The Kier molecular flexibility index (Phi) is 6.48. The first-order valence-corrected chi connectivity index (χ1v) is 11.5. The van der Waals surface area contributed by atoms with Crippen molar-refractivity contribution in [1.82, 2.24) is 0 Å². The van der Waals surface area contributed by atoms with Gasteiger partial charge in [0.25, 0.3) is 0 Å². The van der Waals surface area contributed by atoms with Crippen LogP contribution >= 0.6 is 0 Å². The fourth-order valence-corrected chi connectivity index (χ4v) is 5.28. The Morgan fingerprint density at radius 3 is 2.81 bits per heavy atom. The molecule has 0 amide bonds. The van der Waals surface area contributed by atoms with Crippen molar-refractivity contribution in [3.8, 4) is 0 Å². The van der Waals surface area contributed by atoms with Crippen molar-refractivity contribution >= 4 is 11.9 Å². The van der Waals surface area contributed by atoms with E-state index in [2.05, 4.69) is 61.8 Å². The minimum Gasteiger partial charge on any atom is -0.399 e. The van der Waals surface area contributed by atoms with E-state index in [4.69, 9.17) is 10.5 Å². The van der Waals surface area contributed by atoms with Gasteiger partial charge >= 0.3 is 0 Å². The van der Waals surface area contributed by atoms with E-state index in [1.54, 1.807) is 0 Å². The van der Waals surface area contributed by atoms with Crippen LogP contribution in [0.4, 0.5) is 0 Å². The maximum absolute atomic E-state index is 6.54. The molecule has 32 heavy (non-hydrogen) atoms. The highest BCUT2D eigenvalue weighted by atomic mass is 16.5. The Morgan fingerprint density at radius 2 is 2.06 bits per heavy atom. The number of aliphatic imine (C=N–C) groups is 1. The smallest absolute Gasteiger partial charge is 0.0727 e. The number of fused-ring (bicyclic) bond motifs is 1. The van der Waals surface area contributed by atoms with Gasteiger partial charge in [-0.2, -0.15) is 0 Å². The van der Waals surface area contributed by atoms with E-state index in [0.29, 0.717) is 12.3 Å². The van der Waals surface area contributed by atoms with Crippen LogP contribution in [-0.4, -0.2) is 19.4 Å². The van der Waals surface area contributed by atoms with Crippen LogP contribution in [0, 0.1) is 12.3 Å². The molecule has 2 N–H and O–H groups in total. The second-order valence-corrected chi connectivity index (χ2v) is 9.39. The Balaban J connectivity index is 1.55. The average molecular weight is 427 g/mol. The summed E-state index contributed by atoms with van der Waals surface area (Å²) in [6, 6.07) is 16.9. The molecule has 0 aromatic heterocycles. The van der Waals surface area contributed by atoms with Crippen molar-refractivity contribution in [2.45, 2.75) is 52.2 Å². The zero-order valence-corrected chi connectivity index (χ0v) is 19.5. The highest BCUT2D eigenvalue weighted by Crippen LogP contribution is 2.52. The number of nitrogens with zero attached hydrogens (tertiary/aromatic N) is 1. The lowest BCUT2D eigenvalue weighted by Crippen LogP contribution is -2.33. The number of benzene rings is 2. The molecule has 0 radical (unpaired) electrons. The Bertz CT molecular complexity index is 1110. The highest BCUT2D eigenvalue weighted by Gasteiger charge is 2.45. The third-order valence-corrected chi connectivity index (χ3v) is 7.00. The maximum atomic E-state index is 6.54. The number of hydrogen-bond acceptors (Lipinski definition) is 3. The molecule has 2 aromatic rings. The largest absolute Gasteiger partial charge is 0.399 e. The molecule has 0 spiro atoms. The van der Waals surface area contributed by atoms with Crippen molar-refractivity contribution in [3.63, 3.8) is 0 Å². The number of ether oxygens (including phenoxy) is 1. The van der Waals surface area contributed by atoms with E-state index in [9.17, 15) is 0 Å². The highest BCUT2D eigenvalue weighted by molar-refractivity contribution is 5.82. The normalized spacial score (nSPS) is 22.8. The zero-order chi connectivity index (χ0) is 22.7. The molecular weight excluding hydrogens is 392 g/mol. The van der Waals surface area contributed by atoms with Crippen LogP contribution in [0.5, 0.6) is 0 Å². The molecule has 4 rings (SSSR count). The van der Waals surface area contributed by atoms with E-state index < -0.39 is 0 Å². The molecule has 3 heteroatoms. The zero-order valence-electron chi connectivity index (χ0n) is 19.5. The van der Waals surface area contributed by atoms with E-state index in [0.717, 1.165) is 36.8 Å². The summed E-state index contributed by atoms with van der Waals surface area (Å²) in [6.07, 6.45) is 8.69. The van der Waals surface area contributed by atoms with Gasteiger partial charge < -0.3 is 10.5 Å². The molecule has 2 aliphatic rings. The Labute approximate surface area is 192 Å². The van der Waals surface area contributed by atoms with Crippen LogP contribution in [0.2, 0.25) is 0 Å². The first kappa shape index (κ1) is 22.3. The van der Waals surface area contributed by atoms with Crippen molar-refractivity contribution in [2.24, 2.45) is 16.1 Å². The Hall–Kier alpha value is -2.91. The van der Waals surface area contributed by atoms with Crippen LogP contribution in [-0.2, 0) is 17.8 Å². The lowest BCUT2D eigenvalue weighted by molar-refractivity contribution is -0.0138.